The Morgan fingerprint density at radius 1 is 1.41 bits per heavy atom. The molecule has 1 atom stereocenters. The largest absolute Gasteiger partial charge is 0.493 e. The minimum Gasteiger partial charge on any atom is -0.493 e. The van der Waals surface area contributed by atoms with Gasteiger partial charge in [0, 0.05) is 17.5 Å². The van der Waals surface area contributed by atoms with Crippen LogP contribution in [0.25, 0.3) is 0 Å². The summed E-state index contributed by atoms with van der Waals surface area (Å²) >= 11 is 0. The van der Waals surface area contributed by atoms with Crippen molar-refractivity contribution in [2.75, 3.05) is 13.2 Å². The van der Waals surface area contributed by atoms with E-state index < -0.39 is 0 Å². The summed E-state index contributed by atoms with van der Waals surface area (Å²) in [7, 11) is 0. The molecule has 120 valence electrons. The predicted molar refractivity (Wildman–Crippen MR) is 86.8 cm³/mol. The van der Waals surface area contributed by atoms with Crippen molar-refractivity contribution in [2.45, 2.75) is 38.8 Å². The molecule has 1 unspecified atom stereocenters. The zero-order chi connectivity index (χ0) is 16.2. The van der Waals surface area contributed by atoms with Crippen LogP contribution >= 0.6 is 0 Å². The van der Waals surface area contributed by atoms with Gasteiger partial charge in [-0.05, 0) is 26.8 Å². The van der Waals surface area contributed by atoms with Crippen molar-refractivity contribution in [3.8, 4) is 5.75 Å². The minimum atomic E-state index is -0.269. The van der Waals surface area contributed by atoms with Crippen LogP contribution in [0.5, 0.6) is 5.75 Å². The number of fused-ring (bicyclic) bond motifs is 1. The molecule has 1 amide bonds. The van der Waals surface area contributed by atoms with Crippen LogP contribution in [0.15, 0.2) is 29.3 Å². The standard InChI is InChI=1S/C16H24N4O2/c1-16(2,3)20-14(21)10-18-15(17)19-12-8-9-22-13-7-5-4-6-11(12)13/h4-7,12H,8-10H2,1-3H3,(H,20,21)(H3,17,18,19). The number of para-hydroxylation sites is 1. The number of rotatable bonds is 3. The lowest BCUT2D eigenvalue weighted by Gasteiger charge is -2.27. The topological polar surface area (TPSA) is 88.7 Å². The van der Waals surface area contributed by atoms with E-state index in [4.69, 9.17) is 10.5 Å². The van der Waals surface area contributed by atoms with E-state index in [1.165, 1.54) is 0 Å². The number of hydrogen-bond acceptors (Lipinski definition) is 3. The van der Waals surface area contributed by atoms with Crippen molar-refractivity contribution in [1.82, 2.24) is 10.6 Å². The third-order valence-electron chi connectivity index (χ3n) is 3.19. The molecule has 0 saturated heterocycles. The van der Waals surface area contributed by atoms with Crippen LogP contribution in [0, 0.1) is 0 Å². The van der Waals surface area contributed by atoms with Gasteiger partial charge in [-0.3, -0.25) is 4.79 Å². The number of nitrogens with one attached hydrogen (secondary N) is 2. The molecule has 6 nitrogen and oxygen atoms in total. The normalized spacial score (nSPS) is 18.1. The van der Waals surface area contributed by atoms with Crippen LogP contribution in [-0.4, -0.2) is 30.6 Å². The second-order valence-corrected chi connectivity index (χ2v) is 6.37. The van der Waals surface area contributed by atoms with Crippen molar-refractivity contribution in [3.05, 3.63) is 29.8 Å². The van der Waals surface area contributed by atoms with Gasteiger partial charge in [-0.15, -0.1) is 0 Å². The smallest absolute Gasteiger partial charge is 0.242 e. The van der Waals surface area contributed by atoms with E-state index >= 15 is 0 Å². The lowest BCUT2D eigenvalue weighted by molar-refractivity contribution is -0.121. The molecule has 1 aliphatic heterocycles. The summed E-state index contributed by atoms with van der Waals surface area (Å²) in [5.74, 6) is 0.986. The zero-order valence-electron chi connectivity index (χ0n) is 13.3. The van der Waals surface area contributed by atoms with Crippen LogP contribution in [0.1, 0.15) is 38.8 Å². The van der Waals surface area contributed by atoms with E-state index in [2.05, 4.69) is 15.6 Å². The van der Waals surface area contributed by atoms with Gasteiger partial charge in [-0.1, -0.05) is 18.2 Å². The Hall–Kier alpha value is -2.24. The van der Waals surface area contributed by atoms with Gasteiger partial charge < -0.3 is 21.1 Å². The molecule has 0 saturated carbocycles. The van der Waals surface area contributed by atoms with Crippen LogP contribution in [0.2, 0.25) is 0 Å². The molecule has 0 radical (unpaired) electrons. The highest BCUT2D eigenvalue weighted by molar-refractivity contribution is 5.84. The molecule has 4 N–H and O–H groups in total. The first-order valence-corrected chi connectivity index (χ1v) is 7.44. The maximum atomic E-state index is 11.7. The van der Waals surface area contributed by atoms with Gasteiger partial charge in [0.1, 0.15) is 12.3 Å². The fourth-order valence-electron chi connectivity index (χ4n) is 2.33. The molecule has 0 spiro atoms. The molecule has 1 aliphatic rings. The van der Waals surface area contributed by atoms with Gasteiger partial charge in [0.25, 0.3) is 0 Å². The monoisotopic (exact) mass is 304 g/mol. The summed E-state index contributed by atoms with van der Waals surface area (Å²) in [5.41, 5.74) is 6.68. The van der Waals surface area contributed by atoms with E-state index in [9.17, 15) is 4.79 Å². The van der Waals surface area contributed by atoms with Crippen LogP contribution in [0.4, 0.5) is 0 Å². The number of nitrogens with two attached hydrogens (primary N) is 1. The second-order valence-electron chi connectivity index (χ2n) is 6.37. The van der Waals surface area contributed by atoms with Crippen molar-refractivity contribution < 1.29 is 9.53 Å². The number of carbonyl (C=O) groups is 1. The molecule has 22 heavy (non-hydrogen) atoms. The second kappa shape index (κ2) is 6.68. The molecule has 0 bridgehead atoms. The van der Waals surface area contributed by atoms with Crippen molar-refractivity contribution in [3.63, 3.8) is 0 Å². The van der Waals surface area contributed by atoms with E-state index in [1.54, 1.807) is 0 Å². The first kappa shape index (κ1) is 16.1. The first-order valence-electron chi connectivity index (χ1n) is 7.44. The number of guanidine groups is 1. The SMILES string of the molecule is CC(C)(C)NC(=O)CN=C(N)NC1CCOc2ccccc21. The van der Waals surface area contributed by atoms with Gasteiger partial charge in [-0.25, -0.2) is 4.99 Å². The number of amides is 1. The van der Waals surface area contributed by atoms with E-state index in [1.807, 2.05) is 45.0 Å². The lowest BCUT2D eigenvalue weighted by atomic mass is 10.0. The summed E-state index contributed by atoms with van der Waals surface area (Å²) in [5, 5.41) is 6.01. The maximum Gasteiger partial charge on any atom is 0.242 e. The van der Waals surface area contributed by atoms with Crippen molar-refractivity contribution in [1.29, 1.82) is 0 Å². The quantitative estimate of drug-likeness (QED) is 0.580. The molecule has 0 aliphatic carbocycles. The van der Waals surface area contributed by atoms with Gasteiger partial charge in [0.05, 0.1) is 12.6 Å². The number of nitrogens with zero attached hydrogens (tertiary/aromatic N) is 1. The molecule has 1 aromatic carbocycles. The van der Waals surface area contributed by atoms with Crippen LogP contribution in [-0.2, 0) is 4.79 Å². The molecule has 6 heteroatoms. The van der Waals surface area contributed by atoms with Gasteiger partial charge in [0.15, 0.2) is 5.96 Å². The fourth-order valence-corrected chi connectivity index (χ4v) is 2.33. The lowest BCUT2D eigenvalue weighted by Crippen LogP contribution is -2.43. The van der Waals surface area contributed by atoms with Crippen LogP contribution < -0.4 is 21.1 Å². The van der Waals surface area contributed by atoms with Gasteiger partial charge in [-0.2, -0.15) is 0 Å². The van der Waals surface area contributed by atoms with Crippen LogP contribution in [0.3, 0.4) is 0 Å². The average molecular weight is 304 g/mol. The van der Waals surface area contributed by atoms with Crippen molar-refractivity contribution >= 4 is 11.9 Å². The molecular formula is C16H24N4O2. The Labute approximate surface area is 131 Å². The number of hydrogen-bond donors (Lipinski definition) is 3. The zero-order valence-corrected chi connectivity index (χ0v) is 13.3. The fraction of sp³-hybridized carbons (Fsp3) is 0.500. The van der Waals surface area contributed by atoms with E-state index in [0.717, 1.165) is 17.7 Å². The minimum absolute atomic E-state index is 0.0149. The Balaban J connectivity index is 1.94. The third kappa shape index (κ3) is 4.65. The molecule has 0 aromatic heterocycles. The number of carbonyl (C=O) groups excluding carboxylic acids is 1. The Morgan fingerprint density at radius 2 is 2.14 bits per heavy atom. The summed E-state index contributed by atoms with van der Waals surface area (Å²) in [6.45, 7) is 6.42. The van der Waals surface area contributed by atoms with E-state index in [0.29, 0.717) is 6.61 Å². The highest BCUT2D eigenvalue weighted by atomic mass is 16.5. The molecule has 1 heterocycles. The molecule has 0 fully saturated rings. The highest BCUT2D eigenvalue weighted by Crippen LogP contribution is 2.31. The Kier molecular flexibility index (Phi) is 4.90. The molecular weight excluding hydrogens is 280 g/mol. The predicted octanol–water partition coefficient (Wildman–Crippen LogP) is 1.33. The van der Waals surface area contributed by atoms with Gasteiger partial charge >= 0.3 is 0 Å². The Bertz CT molecular complexity index is 564. The summed E-state index contributed by atoms with van der Waals surface area (Å²) < 4.78 is 5.60. The number of benzene rings is 1. The van der Waals surface area contributed by atoms with Gasteiger partial charge in [0.2, 0.25) is 5.91 Å². The molecule has 1 aromatic rings. The Morgan fingerprint density at radius 3 is 2.86 bits per heavy atom. The molecule has 2 rings (SSSR count). The summed E-state index contributed by atoms with van der Waals surface area (Å²) in [6, 6.07) is 7.90. The van der Waals surface area contributed by atoms with E-state index in [-0.39, 0.29) is 30.0 Å². The average Bonchev–Trinajstić information content (AvgIpc) is 2.44. The summed E-state index contributed by atoms with van der Waals surface area (Å²) in [6.07, 6.45) is 0.807. The highest BCUT2D eigenvalue weighted by Gasteiger charge is 2.21. The number of aliphatic imine (C=N–C) groups is 1. The number of ether oxygens (including phenoxy) is 1. The summed E-state index contributed by atoms with van der Waals surface area (Å²) in [4.78, 5) is 15.8. The maximum absolute atomic E-state index is 11.7. The van der Waals surface area contributed by atoms with Crippen molar-refractivity contribution in [2.24, 2.45) is 10.7 Å². The third-order valence-corrected chi connectivity index (χ3v) is 3.19. The first-order chi connectivity index (χ1) is 10.3.